The zero-order valence-corrected chi connectivity index (χ0v) is 17.1. The largest absolute Gasteiger partial charge is 0.343 e. The van der Waals surface area contributed by atoms with Crippen molar-refractivity contribution >= 4 is 39.5 Å². The van der Waals surface area contributed by atoms with Crippen LogP contribution in [0.3, 0.4) is 0 Å². The van der Waals surface area contributed by atoms with Gasteiger partial charge in [0, 0.05) is 55.6 Å². The average Bonchev–Trinajstić information content (AvgIpc) is 3.42. The van der Waals surface area contributed by atoms with Crippen LogP contribution in [0, 0.1) is 0 Å². The fourth-order valence-electron chi connectivity index (χ4n) is 4.13. The van der Waals surface area contributed by atoms with E-state index in [0.717, 1.165) is 16.6 Å². The summed E-state index contributed by atoms with van der Waals surface area (Å²) < 4.78 is 29.6. The molecule has 10 heteroatoms. The second-order valence-electron chi connectivity index (χ2n) is 8.12. The smallest absolute Gasteiger partial charge is 0.270 e. The molecule has 1 unspecified atom stereocenters. The summed E-state index contributed by atoms with van der Waals surface area (Å²) in [7, 11) is 3.27. The van der Waals surface area contributed by atoms with E-state index >= 15 is 0 Å². The first-order valence-electron chi connectivity index (χ1n) is 9.98. The van der Waals surface area contributed by atoms with Crippen molar-refractivity contribution in [3.63, 3.8) is 0 Å². The van der Waals surface area contributed by atoms with Crippen LogP contribution in [-0.4, -0.2) is 55.6 Å². The summed E-state index contributed by atoms with van der Waals surface area (Å²) in [6, 6.07) is 6.84. The van der Waals surface area contributed by atoms with E-state index in [9.17, 15) is 13.6 Å². The van der Waals surface area contributed by atoms with Gasteiger partial charge in [-0.15, -0.1) is 0 Å². The van der Waals surface area contributed by atoms with Crippen molar-refractivity contribution in [1.82, 2.24) is 29.6 Å². The van der Waals surface area contributed by atoms with Gasteiger partial charge in [0.2, 0.25) is 11.9 Å². The lowest BCUT2D eigenvalue weighted by atomic mass is 10.2. The summed E-state index contributed by atoms with van der Waals surface area (Å²) in [5.74, 6) is -2.68. The number of benzene rings is 1. The molecule has 0 radical (unpaired) electrons. The summed E-state index contributed by atoms with van der Waals surface area (Å²) in [6.07, 6.45) is 3.10. The van der Waals surface area contributed by atoms with Gasteiger partial charge in [-0.1, -0.05) is 0 Å². The Labute approximate surface area is 176 Å². The molecular weight excluding hydrogens is 404 g/mol. The van der Waals surface area contributed by atoms with Crippen LogP contribution >= 0.6 is 0 Å². The summed E-state index contributed by atoms with van der Waals surface area (Å²) in [6.45, 7) is 0. The van der Waals surface area contributed by atoms with E-state index < -0.39 is 12.0 Å². The van der Waals surface area contributed by atoms with Crippen molar-refractivity contribution in [1.29, 1.82) is 0 Å². The normalized spacial score (nSPS) is 18.0. The number of carbonyl (C=O) groups is 1. The highest BCUT2D eigenvalue weighted by atomic mass is 19.3. The third kappa shape index (κ3) is 3.47. The Kier molecular flexibility index (Phi) is 4.38. The van der Waals surface area contributed by atoms with E-state index in [2.05, 4.69) is 25.5 Å². The third-order valence-corrected chi connectivity index (χ3v) is 5.64. The van der Waals surface area contributed by atoms with Crippen molar-refractivity contribution in [3.8, 4) is 0 Å². The molecule has 0 spiro atoms. The van der Waals surface area contributed by atoms with E-state index in [4.69, 9.17) is 0 Å². The van der Waals surface area contributed by atoms with Gasteiger partial charge in [-0.25, -0.2) is 13.8 Å². The van der Waals surface area contributed by atoms with Crippen molar-refractivity contribution in [2.75, 3.05) is 19.4 Å². The highest BCUT2D eigenvalue weighted by molar-refractivity contribution is 5.98. The number of anilines is 2. The number of aromatic nitrogens is 5. The number of amides is 1. The predicted molar refractivity (Wildman–Crippen MR) is 113 cm³/mol. The molecule has 3 heterocycles. The first-order valence-corrected chi connectivity index (χ1v) is 9.98. The number of hydrogen-bond acceptors (Lipinski definition) is 5. The summed E-state index contributed by atoms with van der Waals surface area (Å²) in [5.41, 5.74) is 2.48. The maximum atomic E-state index is 14.0. The Balaban J connectivity index is 1.57. The first-order chi connectivity index (χ1) is 14.8. The Morgan fingerprint density at radius 3 is 2.84 bits per heavy atom. The van der Waals surface area contributed by atoms with Gasteiger partial charge < -0.3 is 14.8 Å². The molecule has 1 atom stereocenters. The fraction of sp³-hybridized carbons (Fsp3) is 0.333. The Morgan fingerprint density at radius 2 is 2.10 bits per heavy atom. The van der Waals surface area contributed by atoms with Crippen LogP contribution in [0.2, 0.25) is 0 Å². The average molecular weight is 425 g/mol. The van der Waals surface area contributed by atoms with E-state index in [1.54, 1.807) is 37.1 Å². The molecule has 2 N–H and O–H groups in total. The van der Waals surface area contributed by atoms with Gasteiger partial charge in [-0.3, -0.25) is 9.89 Å². The van der Waals surface area contributed by atoms with Gasteiger partial charge in [0.25, 0.3) is 5.91 Å². The molecule has 1 aliphatic carbocycles. The van der Waals surface area contributed by atoms with Gasteiger partial charge in [0.1, 0.15) is 11.3 Å². The maximum absolute atomic E-state index is 14.0. The van der Waals surface area contributed by atoms with E-state index in [0.29, 0.717) is 22.7 Å². The molecule has 4 aromatic rings. The van der Waals surface area contributed by atoms with Gasteiger partial charge >= 0.3 is 0 Å². The zero-order chi connectivity index (χ0) is 21.8. The molecule has 3 aromatic heterocycles. The van der Waals surface area contributed by atoms with Gasteiger partial charge in [-0.05, 0) is 30.7 Å². The van der Waals surface area contributed by atoms with E-state index in [-0.39, 0.29) is 25.2 Å². The molecule has 0 saturated heterocycles. The minimum atomic E-state index is -2.74. The van der Waals surface area contributed by atoms with Crippen LogP contribution in [0.15, 0.2) is 36.7 Å². The molecule has 1 saturated carbocycles. The molecule has 5 rings (SSSR count). The van der Waals surface area contributed by atoms with Crippen LogP contribution in [0.25, 0.3) is 21.9 Å². The summed E-state index contributed by atoms with van der Waals surface area (Å²) in [4.78, 5) is 23.2. The summed E-state index contributed by atoms with van der Waals surface area (Å²) in [5, 5.41) is 11.6. The maximum Gasteiger partial charge on any atom is 0.270 e. The Morgan fingerprint density at radius 1 is 1.26 bits per heavy atom. The van der Waals surface area contributed by atoms with Gasteiger partial charge in [0.05, 0.1) is 11.7 Å². The quantitative estimate of drug-likeness (QED) is 0.513. The minimum Gasteiger partial charge on any atom is -0.343 e. The lowest BCUT2D eigenvalue weighted by Crippen LogP contribution is -2.26. The lowest BCUT2D eigenvalue weighted by molar-refractivity contribution is 0.00562. The number of hydrogen-bond donors (Lipinski definition) is 2. The number of carbonyl (C=O) groups excluding carboxylic acids is 1. The van der Waals surface area contributed by atoms with Crippen LogP contribution in [0.5, 0.6) is 0 Å². The van der Waals surface area contributed by atoms with E-state index in [1.165, 1.54) is 4.90 Å². The highest BCUT2D eigenvalue weighted by Crippen LogP contribution is 2.43. The lowest BCUT2D eigenvalue weighted by Gasteiger charge is -2.19. The second-order valence-corrected chi connectivity index (χ2v) is 8.12. The molecule has 0 bridgehead atoms. The van der Waals surface area contributed by atoms with Gasteiger partial charge in [0.15, 0.2) is 0 Å². The number of H-pyrrole nitrogens is 1. The van der Waals surface area contributed by atoms with Crippen molar-refractivity contribution in [2.24, 2.45) is 0 Å². The van der Waals surface area contributed by atoms with Crippen molar-refractivity contribution < 1.29 is 13.6 Å². The molecule has 1 amide bonds. The van der Waals surface area contributed by atoms with Crippen LogP contribution in [0.1, 0.15) is 35.8 Å². The van der Waals surface area contributed by atoms with Crippen LogP contribution in [0.4, 0.5) is 20.4 Å². The number of rotatable bonds is 4. The SMILES string of the molecule is CN(C)C(=O)c1cc2cnc(Nc3ccc4[nH]ncc4c3)nc2n1C1CCC(F)(F)C1. The molecular formula is C21H21F2N7O. The fourth-order valence-corrected chi connectivity index (χ4v) is 4.13. The Hall–Kier alpha value is -3.56. The molecule has 1 aromatic carbocycles. The van der Waals surface area contributed by atoms with Crippen molar-refractivity contribution in [3.05, 3.63) is 42.4 Å². The number of halogens is 2. The zero-order valence-electron chi connectivity index (χ0n) is 17.1. The van der Waals surface area contributed by atoms with Crippen molar-refractivity contribution in [2.45, 2.75) is 31.2 Å². The number of nitrogens with one attached hydrogen (secondary N) is 2. The molecule has 0 aliphatic heterocycles. The van der Waals surface area contributed by atoms with Crippen LogP contribution in [-0.2, 0) is 0 Å². The molecule has 8 nitrogen and oxygen atoms in total. The van der Waals surface area contributed by atoms with Gasteiger partial charge in [-0.2, -0.15) is 10.1 Å². The third-order valence-electron chi connectivity index (χ3n) is 5.64. The number of fused-ring (bicyclic) bond motifs is 2. The molecule has 31 heavy (non-hydrogen) atoms. The second kappa shape index (κ2) is 7.00. The number of alkyl halides is 2. The van der Waals surface area contributed by atoms with E-state index in [1.807, 2.05) is 18.2 Å². The standard InChI is InChI=1S/C21H21F2N7O/c1-29(2)19(31)17-8-13-10-24-20(26-14-3-4-16-12(7-14)11-25-28-16)27-18(13)30(17)15-5-6-21(22,23)9-15/h3-4,7-8,10-11,15H,5-6,9H2,1-2H3,(H,25,28)(H,24,26,27). The predicted octanol–water partition coefficient (Wildman–Crippen LogP) is 4.11. The topological polar surface area (TPSA) is 91.7 Å². The summed E-state index contributed by atoms with van der Waals surface area (Å²) >= 11 is 0. The Bertz CT molecular complexity index is 1290. The minimum absolute atomic E-state index is 0.201. The number of nitrogens with zero attached hydrogens (tertiary/aromatic N) is 5. The molecule has 1 aliphatic rings. The van der Waals surface area contributed by atoms with Crippen LogP contribution < -0.4 is 5.32 Å². The highest BCUT2D eigenvalue weighted by Gasteiger charge is 2.42. The monoisotopic (exact) mass is 425 g/mol. The molecule has 1 fully saturated rings. The molecule has 160 valence electrons. The first kappa shape index (κ1) is 19.4. The number of aromatic amines is 1.